The molecule has 0 rings (SSSR count). The smallest absolute Gasteiger partial charge is 0.308 e. The molecule has 0 aromatic carbocycles. The van der Waals surface area contributed by atoms with E-state index in [1.807, 2.05) is 0 Å². The van der Waals surface area contributed by atoms with Crippen molar-refractivity contribution in [3.05, 3.63) is 0 Å². The second kappa shape index (κ2) is 5.85. The van der Waals surface area contributed by atoms with Crippen LogP contribution >= 0.6 is 0 Å². The van der Waals surface area contributed by atoms with Gasteiger partial charge in [0, 0.05) is 11.8 Å². The van der Waals surface area contributed by atoms with Gasteiger partial charge in [0.05, 0.1) is 19.1 Å². The molecule has 4 heteroatoms. The van der Waals surface area contributed by atoms with Crippen LogP contribution in [0.1, 0.15) is 40.5 Å². The van der Waals surface area contributed by atoms with Gasteiger partial charge in [-0.1, -0.05) is 20.8 Å². The fraction of sp³-hybridized carbons (Fsp3) is 0.818. The molecule has 1 atom stereocenters. The van der Waals surface area contributed by atoms with E-state index >= 15 is 0 Å². The molecule has 0 aliphatic heterocycles. The van der Waals surface area contributed by atoms with Crippen molar-refractivity contribution in [1.29, 1.82) is 0 Å². The topological polar surface area (TPSA) is 63.6 Å². The van der Waals surface area contributed by atoms with E-state index in [1.165, 1.54) is 0 Å². The molecule has 0 amide bonds. The first-order valence-corrected chi connectivity index (χ1v) is 5.23. The highest BCUT2D eigenvalue weighted by Gasteiger charge is 2.35. The number of carbonyl (C=O) groups excluding carboxylic acids is 2. The maximum absolute atomic E-state index is 11.5. The molecule has 0 spiro atoms. The van der Waals surface area contributed by atoms with E-state index in [2.05, 4.69) is 0 Å². The second-order valence-corrected chi connectivity index (χ2v) is 4.02. The summed E-state index contributed by atoms with van der Waals surface area (Å²) in [6.45, 7) is 7.01. The number of carbonyl (C=O) groups is 2. The van der Waals surface area contributed by atoms with Crippen molar-refractivity contribution in [3.63, 3.8) is 0 Å². The molecular weight excluding hydrogens is 196 g/mol. The van der Waals surface area contributed by atoms with Gasteiger partial charge in [-0.3, -0.25) is 9.59 Å². The van der Waals surface area contributed by atoms with Crippen molar-refractivity contribution in [1.82, 2.24) is 0 Å². The Morgan fingerprint density at radius 1 is 1.33 bits per heavy atom. The molecule has 0 aromatic rings. The van der Waals surface area contributed by atoms with Crippen LogP contribution in [0.5, 0.6) is 0 Å². The van der Waals surface area contributed by atoms with Crippen LogP contribution in [0.15, 0.2) is 0 Å². The third-order valence-corrected chi connectivity index (χ3v) is 2.54. The standard InChI is InChI=1S/C11H20O4/c1-5-8(12)11(3,4)9(13)7-10(14)15-6-2/h9,13H,5-7H2,1-4H3/t9-/m1/s1. The molecule has 0 saturated heterocycles. The summed E-state index contributed by atoms with van der Waals surface area (Å²) in [7, 11) is 0. The number of ketones is 1. The van der Waals surface area contributed by atoms with E-state index in [0.717, 1.165) is 0 Å². The first kappa shape index (κ1) is 14.1. The van der Waals surface area contributed by atoms with Crippen molar-refractivity contribution in [3.8, 4) is 0 Å². The van der Waals surface area contributed by atoms with Crippen LogP contribution < -0.4 is 0 Å². The Bertz CT molecular complexity index is 233. The summed E-state index contributed by atoms with van der Waals surface area (Å²) in [5.74, 6) is -0.527. The van der Waals surface area contributed by atoms with Crippen molar-refractivity contribution >= 4 is 11.8 Å². The fourth-order valence-electron chi connectivity index (χ4n) is 1.27. The van der Waals surface area contributed by atoms with Crippen molar-refractivity contribution in [2.45, 2.75) is 46.6 Å². The van der Waals surface area contributed by atoms with E-state index in [1.54, 1.807) is 27.7 Å². The summed E-state index contributed by atoms with van der Waals surface area (Å²) < 4.78 is 4.71. The summed E-state index contributed by atoms with van der Waals surface area (Å²) >= 11 is 0. The molecule has 0 aliphatic rings. The quantitative estimate of drug-likeness (QED) is 0.680. The third kappa shape index (κ3) is 4.00. The van der Waals surface area contributed by atoms with Crippen molar-refractivity contribution in [2.75, 3.05) is 6.61 Å². The van der Waals surface area contributed by atoms with E-state index in [-0.39, 0.29) is 18.8 Å². The number of aliphatic hydroxyl groups excluding tert-OH is 1. The Labute approximate surface area is 90.6 Å². The number of Topliss-reactive ketones (excluding diaryl/α,β-unsaturated/α-hetero) is 1. The predicted octanol–water partition coefficient (Wildman–Crippen LogP) is 1.31. The van der Waals surface area contributed by atoms with Crippen LogP contribution in [0.25, 0.3) is 0 Å². The molecule has 0 unspecified atom stereocenters. The number of rotatable bonds is 6. The molecule has 0 fully saturated rings. The minimum atomic E-state index is -0.982. The second-order valence-electron chi connectivity index (χ2n) is 4.02. The highest BCUT2D eigenvalue weighted by atomic mass is 16.5. The van der Waals surface area contributed by atoms with Gasteiger partial charge < -0.3 is 9.84 Å². The number of hydrogen-bond acceptors (Lipinski definition) is 4. The van der Waals surface area contributed by atoms with Gasteiger partial charge in [-0.25, -0.2) is 0 Å². The molecule has 0 aromatic heterocycles. The predicted molar refractivity (Wildman–Crippen MR) is 56.3 cm³/mol. The van der Waals surface area contributed by atoms with Gasteiger partial charge in [-0.05, 0) is 6.92 Å². The maximum atomic E-state index is 11.5. The number of esters is 1. The lowest BCUT2D eigenvalue weighted by Gasteiger charge is -2.27. The van der Waals surface area contributed by atoms with Gasteiger partial charge in [0.15, 0.2) is 0 Å². The van der Waals surface area contributed by atoms with Gasteiger partial charge in [-0.2, -0.15) is 0 Å². The van der Waals surface area contributed by atoms with Crippen LogP contribution in [0.3, 0.4) is 0 Å². The molecular formula is C11H20O4. The van der Waals surface area contributed by atoms with E-state index in [9.17, 15) is 14.7 Å². The van der Waals surface area contributed by atoms with Crippen LogP contribution in [-0.4, -0.2) is 29.6 Å². The van der Waals surface area contributed by atoms with Gasteiger partial charge in [0.25, 0.3) is 0 Å². The van der Waals surface area contributed by atoms with Gasteiger partial charge >= 0.3 is 5.97 Å². The highest BCUT2D eigenvalue weighted by molar-refractivity contribution is 5.85. The maximum Gasteiger partial charge on any atom is 0.308 e. The lowest BCUT2D eigenvalue weighted by atomic mass is 9.79. The summed E-state index contributed by atoms with van der Waals surface area (Å²) in [6, 6.07) is 0. The average Bonchev–Trinajstić information content (AvgIpc) is 2.16. The minimum Gasteiger partial charge on any atom is -0.466 e. The molecule has 0 aliphatic carbocycles. The average molecular weight is 216 g/mol. The SMILES string of the molecule is CCOC(=O)C[C@@H](O)C(C)(C)C(=O)CC. The monoisotopic (exact) mass is 216 g/mol. The zero-order valence-corrected chi connectivity index (χ0v) is 9.87. The Morgan fingerprint density at radius 3 is 2.27 bits per heavy atom. The van der Waals surface area contributed by atoms with Crippen LogP contribution in [0, 0.1) is 5.41 Å². The Hall–Kier alpha value is -0.900. The summed E-state index contributed by atoms with van der Waals surface area (Å²) in [5, 5.41) is 9.75. The van der Waals surface area contributed by atoms with Gasteiger partial charge in [0.1, 0.15) is 5.78 Å². The van der Waals surface area contributed by atoms with Crippen molar-refractivity contribution < 1.29 is 19.4 Å². The molecule has 0 bridgehead atoms. The molecule has 4 nitrogen and oxygen atoms in total. The van der Waals surface area contributed by atoms with Crippen LogP contribution in [0.4, 0.5) is 0 Å². The largest absolute Gasteiger partial charge is 0.466 e. The van der Waals surface area contributed by atoms with Crippen LogP contribution in [0.2, 0.25) is 0 Å². The molecule has 0 radical (unpaired) electrons. The number of ether oxygens (including phenoxy) is 1. The molecule has 0 heterocycles. The third-order valence-electron chi connectivity index (χ3n) is 2.54. The number of hydrogen-bond donors (Lipinski definition) is 1. The summed E-state index contributed by atoms with van der Waals surface area (Å²) in [5.41, 5.74) is -0.887. The lowest BCUT2D eigenvalue weighted by molar-refractivity contribution is -0.149. The Morgan fingerprint density at radius 2 is 1.87 bits per heavy atom. The molecule has 88 valence electrons. The molecule has 15 heavy (non-hydrogen) atoms. The first-order valence-electron chi connectivity index (χ1n) is 5.23. The molecule has 0 saturated carbocycles. The van der Waals surface area contributed by atoms with Crippen LogP contribution in [-0.2, 0) is 14.3 Å². The Balaban J connectivity index is 4.36. The normalized spacial score (nSPS) is 13.4. The van der Waals surface area contributed by atoms with E-state index in [4.69, 9.17) is 4.74 Å². The summed E-state index contributed by atoms with van der Waals surface area (Å²) in [4.78, 5) is 22.6. The molecule has 1 N–H and O–H groups in total. The first-order chi connectivity index (χ1) is 6.86. The zero-order valence-electron chi connectivity index (χ0n) is 9.87. The highest BCUT2D eigenvalue weighted by Crippen LogP contribution is 2.25. The summed E-state index contributed by atoms with van der Waals surface area (Å²) in [6.07, 6.45) is -0.761. The van der Waals surface area contributed by atoms with Gasteiger partial charge in [0.2, 0.25) is 0 Å². The van der Waals surface area contributed by atoms with E-state index in [0.29, 0.717) is 6.42 Å². The fourth-order valence-corrected chi connectivity index (χ4v) is 1.27. The lowest BCUT2D eigenvalue weighted by Crippen LogP contribution is -2.38. The van der Waals surface area contributed by atoms with Crippen molar-refractivity contribution in [2.24, 2.45) is 5.41 Å². The zero-order chi connectivity index (χ0) is 12.1. The minimum absolute atomic E-state index is 0.0562. The number of aliphatic hydroxyl groups is 1. The van der Waals surface area contributed by atoms with E-state index < -0.39 is 17.5 Å². The van der Waals surface area contributed by atoms with Gasteiger partial charge in [-0.15, -0.1) is 0 Å². The Kier molecular flexibility index (Phi) is 5.50.